The second kappa shape index (κ2) is 7.55. The van der Waals surface area contributed by atoms with Crippen molar-refractivity contribution < 1.29 is 22.4 Å². The molecule has 1 atom stereocenters. The highest BCUT2D eigenvalue weighted by Crippen LogP contribution is 2.29. The number of nitrogens with one attached hydrogen (secondary N) is 2. The molecule has 0 saturated carbocycles. The van der Waals surface area contributed by atoms with Crippen LogP contribution in [0.2, 0.25) is 0 Å². The van der Waals surface area contributed by atoms with Crippen molar-refractivity contribution in [1.82, 2.24) is 10.9 Å². The SMILES string of the molecule is O=C(C[C@H]1CCS(=O)(=O)C1)NNC(=O)c1ccc(-c2ccccc2F)s1. The van der Waals surface area contributed by atoms with E-state index >= 15 is 0 Å². The van der Waals surface area contributed by atoms with E-state index in [0.717, 1.165) is 11.3 Å². The molecule has 0 spiro atoms. The minimum atomic E-state index is -3.04. The van der Waals surface area contributed by atoms with E-state index in [9.17, 15) is 22.4 Å². The van der Waals surface area contributed by atoms with Gasteiger partial charge >= 0.3 is 0 Å². The van der Waals surface area contributed by atoms with Gasteiger partial charge < -0.3 is 0 Å². The number of sulfone groups is 1. The Balaban J connectivity index is 1.54. The van der Waals surface area contributed by atoms with Crippen LogP contribution in [0, 0.1) is 11.7 Å². The van der Waals surface area contributed by atoms with Crippen molar-refractivity contribution in [3.63, 3.8) is 0 Å². The first-order valence-electron chi connectivity index (χ1n) is 7.98. The van der Waals surface area contributed by atoms with Crippen molar-refractivity contribution in [2.45, 2.75) is 12.8 Å². The van der Waals surface area contributed by atoms with Gasteiger partial charge in [0.25, 0.3) is 5.91 Å². The largest absolute Gasteiger partial charge is 0.279 e. The summed E-state index contributed by atoms with van der Waals surface area (Å²) in [6.45, 7) is 0. The third-order valence-electron chi connectivity index (χ3n) is 4.09. The predicted molar refractivity (Wildman–Crippen MR) is 96.7 cm³/mol. The second-order valence-electron chi connectivity index (χ2n) is 6.12. The topological polar surface area (TPSA) is 92.3 Å². The molecule has 0 aliphatic carbocycles. The number of benzene rings is 1. The minimum absolute atomic E-state index is 0.00525. The zero-order chi connectivity index (χ0) is 18.7. The molecule has 2 aromatic rings. The zero-order valence-electron chi connectivity index (χ0n) is 13.7. The van der Waals surface area contributed by atoms with Gasteiger partial charge in [0.15, 0.2) is 9.84 Å². The number of carbonyl (C=O) groups excluding carboxylic acids is 2. The van der Waals surface area contributed by atoms with E-state index in [4.69, 9.17) is 0 Å². The van der Waals surface area contributed by atoms with E-state index in [1.807, 2.05) is 0 Å². The molecule has 9 heteroatoms. The first-order chi connectivity index (χ1) is 12.3. The summed E-state index contributed by atoms with van der Waals surface area (Å²) in [6, 6.07) is 9.46. The summed E-state index contributed by atoms with van der Waals surface area (Å²) < 4.78 is 36.6. The summed E-state index contributed by atoms with van der Waals surface area (Å²) in [5.74, 6) is -1.43. The van der Waals surface area contributed by atoms with Gasteiger partial charge in [-0.05, 0) is 30.5 Å². The van der Waals surface area contributed by atoms with Crippen LogP contribution >= 0.6 is 11.3 Å². The zero-order valence-corrected chi connectivity index (χ0v) is 15.3. The van der Waals surface area contributed by atoms with E-state index in [1.165, 1.54) is 6.07 Å². The van der Waals surface area contributed by atoms with Crippen molar-refractivity contribution in [2.75, 3.05) is 11.5 Å². The van der Waals surface area contributed by atoms with Crippen LogP contribution in [0.4, 0.5) is 4.39 Å². The fourth-order valence-electron chi connectivity index (χ4n) is 2.80. The normalized spacial score (nSPS) is 18.4. The maximum atomic E-state index is 13.8. The molecule has 6 nitrogen and oxygen atoms in total. The first kappa shape index (κ1) is 18.5. The Morgan fingerprint density at radius 3 is 2.62 bits per heavy atom. The molecule has 1 fully saturated rings. The molecule has 2 heterocycles. The van der Waals surface area contributed by atoms with Gasteiger partial charge in [0, 0.05) is 16.9 Å². The highest BCUT2D eigenvalue weighted by atomic mass is 32.2. The van der Waals surface area contributed by atoms with Gasteiger partial charge in [-0.1, -0.05) is 18.2 Å². The highest BCUT2D eigenvalue weighted by molar-refractivity contribution is 7.91. The number of thiophene rings is 1. The molecule has 26 heavy (non-hydrogen) atoms. The Morgan fingerprint density at radius 1 is 1.15 bits per heavy atom. The van der Waals surface area contributed by atoms with Crippen molar-refractivity contribution in [1.29, 1.82) is 0 Å². The van der Waals surface area contributed by atoms with Crippen LogP contribution in [0.25, 0.3) is 10.4 Å². The molecule has 0 radical (unpaired) electrons. The lowest BCUT2D eigenvalue weighted by Crippen LogP contribution is -2.42. The Labute approximate surface area is 154 Å². The van der Waals surface area contributed by atoms with Crippen molar-refractivity contribution in [3.05, 3.63) is 47.1 Å². The molecule has 1 aliphatic heterocycles. The van der Waals surface area contributed by atoms with E-state index in [0.29, 0.717) is 21.7 Å². The van der Waals surface area contributed by atoms with Crippen LogP contribution in [0.5, 0.6) is 0 Å². The van der Waals surface area contributed by atoms with Gasteiger partial charge in [-0.3, -0.25) is 20.4 Å². The van der Waals surface area contributed by atoms with E-state index in [1.54, 1.807) is 30.3 Å². The summed E-state index contributed by atoms with van der Waals surface area (Å²) in [5.41, 5.74) is 5.00. The van der Waals surface area contributed by atoms with Crippen molar-refractivity contribution in [2.24, 2.45) is 5.92 Å². The molecule has 1 aromatic carbocycles. The maximum Gasteiger partial charge on any atom is 0.279 e. The number of hydrazine groups is 1. The summed E-state index contributed by atoms with van der Waals surface area (Å²) in [7, 11) is -3.04. The number of carbonyl (C=O) groups is 2. The monoisotopic (exact) mass is 396 g/mol. The quantitative estimate of drug-likeness (QED) is 0.775. The van der Waals surface area contributed by atoms with Crippen molar-refractivity contribution in [3.8, 4) is 10.4 Å². The average molecular weight is 396 g/mol. The van der Waals surface area contributed by atoms with Gasteiger partial charge in [0.2, 0.25) is 5.91 Å². The molecular formula is C17H17FN2O4S2. The standard InChI is InChI=1S/C17H17FN2O4S2/c18-13-4-2-1-3-12(13)14-5-6-15(25-14)17(22)20-19-16(21)9-11-7-8-26(23,24)10-11/h1-6,11H,7-10H2,(H,19,21)(H,20,22)/t11-/m1/s1. The summed E-state index contributed by atoms with van der Waals surface area (Å²) in [6.07, 6.45) is 0.505. The molecular weight excluding hydrogens is 379 g/mol. The number of hydrogen-bond acceptors (Lipinski definition) is 5. The molecule has 138 valence electrons. The molecule has 1 aromatic heterocycles. The third-order valence-corrected chi connectivity index (χ3v) is 7.04. The lowest BCUT2D eigenvalue weighted by atomic mass is 10.1. The maximum absolute atomic E-state index is 13.8. The van der Waals surface area contributed by atoms with Crippen LogP contribution in [0.15, 0.2) is 36.4 Å². The fourth-order valence-corrected chi connectivity index (χ4v) is 5.59. The lowest BCUT2D eigenvalue weighted by molar-refractivity contribution is -0.122. The first-order valence-corrected chi connectivity index (χ1v) is 10.6. The van der Waals surface area contributed by atoms with Crippen LogP contribution in [-0.4, -0.2) is 31.7 Å². The average Bonchev–Trinajstić information content (AvgIpc) is 3.20. The van der Waals surface area contributed by atoms with E-state index in [2.05, 4.69) is 10.9 Å². The Kier molecular flexibility index (Phi) is 5.38. The molecule has 3 rings (SSSR count). The third kappa shape index (κ3) is 4.47. The summed E-state index contributed by atoms with van der Waals surface area (Å²) >= 11 is 1.11. The Hall–Kier alpha value is -2.26. The predicted octanol–water partition coefficient (Wildman–Crippen LogP) is 2.14. The van der Waals surface area contributed by atoms with Crippen LogP contribution < -0.4 is 10.9 Å². The Bertz CT molecular complexity index is 940. The molecule has 2 amide bonds. The number of hydrogen-bond donors (Lipinski definition) is 2. The summed E-state index contributed by atoms with van der Waals surface area (Å²) in [4.78, 5) is 24.9. The van der Waals surface area contributed by atoms with Gasteiger partial charge in [-0.2, -0.15) is 0 Å². The lowest BCUT2D eigenvalue weighted by Gasteiger charge is -2.09. The molecule has 2 N–H and O–H groups in total. The molecule has 0 unspecified atom stereocenters. The van der Waals surface area contributed by atoms with Crippen LogP contribution in [0.3, 0.4) is 0 Å². The smallest absolute Gasteiger partial charge is 0.273 e. The summed E-state index contributed by atoms with van der Waals surface area (Å²) in [5, 5.41) is 0. The van der Waals surface area contributed by atoms with Crippen LogP contribution in [-0.2, 0) is 14.6 Å². The number of rotatable bonds is 4. The van der Waals surface area contributed by atoms with Gasteiger partial charge in [0.1, 0.15) is 5.82 Å². The number of amides is 2. The van der Waals surface area contributed by atoms with Gasteiger partial charge in [-0.25, -0.2) is 12.8 Å². The molecule has 1 saturated heterocycles. The van der Waals surface area contributed by atoms with Gasteiger partial charge in [-0.15, -0.1) is 11.3 Å². The Morgan fingerprint density at radius 2 is 1.92 bits per heavy atom. The highest BCUT2D eigenvalue weighted by Gasteiger charge is 2.29. The van der Waals surface area contributed by atoms with Crippen molar-refractivity contribution >= 4 is 33.0 Å². The van der Waals surface area contributed by atoms with E-state index in [-0.39, 0.29) is 29.7 Å². The minimum Gasteiger partial charge on any atom is -0.273 e. The van der Waals surface area contributed by atoms with Crippen LogP contribution in [0.1, 0.15) is 22.5 Å². The van der Waals surface area contributed by atoms with Gasteiger partial charge in [0.05, 0.1) is 16.4 Å². The second-order valence-corrected chi connectivity index (χ2v) is 9.43. The fraction of sp³-hybridized carbons (Fsp3) is 0.294. The number of halogens is 1. The molecule has 1 aliphatic rings. The molecule has 0 bridgehead atoms. The van der Waals surface area contributed by atoms with E-state index < -0.39 is 21.7 Å².